The molecule has 4 nitrogen and oxygen atoms in total. The average molecular weight is 379 g/mol. The first-order chi connectivity index (χ1) is 13.6. The van der Waals surface area contributed by atoms with E-state index in [-0.39, 0.29) is 18.1 Å². The zero-order valence-corrected chi connectivity index (χ0v) is 16.0. The zero-order chi connectivity index (χ0) is 19.5. The number of piperidine rings is 1. The summed E-state index contributed by atoms with van der Waals surface area (Å²) in [6.45, 7) is 3.13. The molecule has 2 aromatic carbocycles. The molecule has 1 aromatic heterocycles. The number of likely N-dealkylation sites (tertiary alicyclic amines) is 1. The van der Waals surface area contributed by atoms with Crippen molar-refractivity contribution in [2.75, 3.05) is 19.6 Å². The molecule has 0 spiro atoms. The van der Waals surface area contributed by atoms with Gasteiger partial charge in [0.25, 0.3) is 0 Å². The van der Waals surface area contributed by atoms with Crippen molar-refractivity contribution in [2.24, 2.45) is 5.73 Å². The van der Waals surface area contributed by atoms with E-state index in [1.807, 2.05) is 18.2 Å². The van der Waals surface area contributed by atoms with Gasteiger partial charge in [-0.3, -0.25) is 4.79 Å². The van der Waals surface area contributed by atoms with Crippen LogP contribution in [0.25, 0.3) is 10.9 Å². The van der Waals surface area contributed by atoms with Gasteiger partial charge in [0.1, 0.15) is 5.82 Å². The van der Waals surface area contributed by atoms with E-state index in [9.17, 15) is 9.18 Å². The molecule has 1 saturated heterocycles. The maximum absolute atomic E-state index is 13.0. The van der Waals surface area contributed by atoms with E-state index in [0.29, 0.717) is 6.04 Å². The summed E-state index contributed by atoms with van der Waals surface area (Å²) in [5.41, 5.74) is 8.68. The van der Waals surface area contributed by atoms with E-state index in [2.05, 4.69) is 33.9 Å². The van der Waals surface area contributed by atoms with Crippen LogP contribution in [-0.2, 0) is 17.6 Å². The van der Waals surface area contributed by atoms with Gasteiger partial charge in [0.05, 0.1) is 6.42 Å². The molecular formula is C23H26FN3O. The van der Waals surface area contributed by atoms with Crippen LogP contribution in [0.15, 0.2) is 54.7 Å². The predicted octanol–water partition coefficient (Wildman–Crippen LogP) is 3.69. The number of amides is 1. The van der Waals surface area contributed by atoms with Crippen molar-refractivity contribution in [3.63, 3.8) is 0 Å². The van der Waals surface area contributed by atoms with Crippen LogP contribution in [0.4, 0.5) is 4.39 Å². The summed E-state index contributed by atoms with van der Waals surface area (Å²) < 4.78 is 15.4. The quantitative estimate of drug-likeness (QED) is 0.710. The Kier molecular flexibility index (Phi) is 5.44. The maximum atomic E-state index is 13.0. The molecule has 0 bridgehead atoms. The lowest BCUT2D eigenvalue weighted by molar-refractivity contribution is -0.117. The Balaban J connectivity index is 1.38. The second-order valence-electron chi connectivity index (χ2n) is 7.71. The smallest absolute Gasteiger partial charge is 0.221 e. The SMILES string of the molecule is NC(=O)Cc1ccc2ccn(C3CCN(CCc4ccc(F)cc4)CC3)c2c1. The van der Waals surface area contributed by atoms with Crippen LogP contribution in [0.1, 0.15) is 30.0 Å². The van der Waals surface area contributed by atoms with Gasteiger partial charge in [0, 0.05) is 37.4 Å². The Morgan fingerprint density at radius 1 is 1.04 bits per heavy atom. The van der Waals surface area contributed by atoms with E-state index in [1.165, 1.54) is 28.6 Å². The van der Waals surface area contributed by atoms with Crippen LogP contribution in [0.2, 0.25) is 0 Å². The molecule has 0 radical (unpaired) electrons. The molecule has 1 aliphatic rings. The molecule has 0 aliphatic carbocycles. The molecule has 1 aliphatic heterocycles. The highest BCUT2D eigenvalue weighted by Crippen LogP contribution is 2.28. The topological polar surface area (TPSA) is 51.3 Å². The molecule has 28 heavy (non-hydrogen) atoms. The van der Waals surface area contributed by atoms with Gasteiger partial charge in [0.2, 0.25) is 5.91 Å². The third-order valence-electron chi connectivity index (χ3n) is 5.75. The first-order valence-electron chi connectivity index (χ1n) is 9.93. The number of nitrogens with zero attached hydrogens (tertiary/aromatic N) is 2. The fourth-order valence-electron chi connectivity index (χ4n) is 4.18. The fraction of sp³-hybridized carbons (Fsp3) is 0.348. The number of carbonyl (C=O) groups is 1. The Labute approximate surface area is 164 Å². The molecule has 3 aromatic rings. The number of primary amides is 1. The lowest BCUT2D eigenvalue weighted by atomic mass is 10.0. The van der Waals surface area contributed by atoms with Gasteiger partial charge in [-0.25, -0.2) is 4.39 Å². The first-order valence-corrected chi connectivity index (χ1v) is 9.93. The van der Waals surface area contributed by atoms with E-state index in [0.717, 1.165) is 44.5 Å². The normalized spacial score (nSPS) is 15.9. The number of halogens is 1. The Morgan fingerprint density at radius 3 is 2.46 bits per heavy atom. The van der Waals surface area contributed by atoms with Crippen LogP contribution in [0, 0.1) is 5.82 Å². The van der Waals surface area contributed by atoms with Gasteiger partial charge in [-0.05, 0) is 60.0 Å². The summed E-state index contributed by atoms with van der Waals surface area (Å²) in [6.07, 6.45) is 5.61. The van der Waals surface area contributed by atoms with Crippen molar-refractivity contribution in [2.45, 2.75) is 31.7 Å². The van der Waals surface area contributed by atoms with Crippen LogP contribution < -0.4 is 5.73 Å². The summed E-state index contributed by atoms with van der Waals surface area (Å²) in [5, 5.41) is 1.20. The summed E-state index contributed by atoms with van der Waals surface area (Å²) in [7, 11) is 0. The summed E-state index contributed by atoms with van der Waals surface area (Å²) in [5.74, 6) is -0.477. The minimum absolute atomic E-state index is 0.178. The number of benzene rings is 2. The number of hydrogen-bond acceptors (Lipinski definition) is 2. The monoisotopic (exact) mass is 379 g/mol. The van der Waals surface area contributed by atoms with Crippen molar-refractivity contribution in [3.05, 3.63) is 71.7 Å². The van der Waals surface area contributed by atoms with Gasteiger partial charge >= 0.3 is 0 Å². The molecule has 1 fully saturated rings. The van der Waals surface area contributed by atoms with Crippen molar-refractivity contribution in [1.29, 1.82) is 0 Å². The van der Waals surface area contributed by atoms with Gasteiger partial charge in [-0.2, -0.15) is 0 Å². The highest BCUT2D eigenvalue weighted by molar-refractivity contribution is 5.83. The third kappa shape index (κ3) is 4.25. The molecule has 5 heteroatoms. The molecule has 0 saturated carbocycles. The largest absolute Gasteiger partial charge is 0.369 e. The predicted molar refractivity (Wildman–Crippen MR) is 110 cm³/mol. The average Bonchev–Trinajstić information content (AvgIpc) is 3.11. The van der Waals surface area contributed by atoms with E-state index >= 15 is 0 Å². The number of carbonyl (C=O) groups excluding carboxylic acids is 1. The molecular weight excluding hydrogens is 353 g/mol. The number of hydrogen-bond donors (Lipinski definition) is 1. The van der Waals surface area contributed by atoms with Gasteiger partial charge in [-0.1, -0.05) is 24.3 Å². The fourth-order valence-corrected chi connectivity index (χ4v) is 4.18. The van der Waals surface area contributed by atoms with Gasteiger partial charge in [0.15, 0.2) is 0 Å². The maximum Gasteiger partial charge on any atom is 0.221 e. The third-order valence-corrected chi connectivity index (χ3v) is 5.75. The summed E-state index contributed by atoms with van der Waals surface area (Å²) in [4.78, 5) is 13.7. The lowest BCUT2D eigenvalue weighted by Crippen LogP contribution is -2.35. The Morgan fingerprint density at radius 2 is 1.75 bits per heavy atom. The van der Waals surface area contributed by atoms with Crippen LogP contribution in [0.5, 0.6) is 0 Å². The van der Waals surface area contributed by atoms with Crippen molar-refractivity contribution in [1.82, 2.24) is 9.47 Å². The number of aromatic nitrogens is 1. The molecule has 2 N–H and O–H groups in total. The number of fused-ring (bicyclic) bond motifs is 1. The summed E-state index contributed by atoms with van der Waals surface area (Å²) >= 11 is 0. The van der Waals surface area contributed by atoms with Crippen molar-refractivity contribution in [3.8, 4) is 0 Å². The van der Waals surface area contributed by atoms with E-state index in [4.69, 9.17) is 5.73 Å². The molecule has 1 amide bonds. The van der Waals surface area contributed by atoms with Gasteiger partial charge < -0.3 is 15.2 Å². The number of nitrogens with two attached hydrogens (primary N) is 1. The van der Waals surface area contributed by atoms with Gasteiger partial charge in [-0.15, -0.1) is 0 Å². The summed E-state index contributed by atoms with van der Waals surface area (Å²) in [6, 6.07) is 15.6. The second kappa shape index (κ2) is 8.15. The highest BCUT2D eigenvalue weighted by Gasteiger charge is 2.21. The minimum atomic E-state index is -0.299. The minimum Gasteiger partial charge on any atom is -0.369 e. The van der Waals surface area contributed by atoms with E-state index < -0.39 is 0 Å². The molecule has 0 atom stereocenters. The van der Waals surface area contributed by atoms with Crippen LogP contribution >= 0.6 is 0 Å². The standard InChI is InChI=1S/C23H26FN3O/c24-20-5-2-17(3-6-20)7-11-26-12-9-21(10-13-26)27-14-8-19-4-1-18(15-22(19)27)16-23(25)28/h1-6,8,14-15,21H,7,9-13,16H2,(H2,25,28). The molecule has 4 rings (SSSR count). The first kappa shape index (κ1) is 18.7. The Bertz CT molecular complexity index is 956. The molecule has 2 heterocycles. The highest BCUT2D eigenvalue weighted by atomic mass is 19.1. The van der Waals surface area contributed by atoms with Crippen LogP contribution in [-0.4, -0.2) is 35.0 Å². The zero-order valence-electron chi connectivity index (χ0n) is 16.0. The lowest BCUT2D eigenvalue weighted by Gasteiger charge is -2.33. The molecule has 146 valence electrons. The Hall–Kier alpha value is -2.66. The number of rotatable bonds is 6. The van der Waals surface area contributed by atoms with E-state index in [1.54, 1.807) is 0 Å². The molecule has 0 unspecified atom stereocenters. The second-order valence-corrected chi connectivity index (χ2v) is 7.71. The van der Waals surface area contributed by atoms with Crippen LogP contribution in [0.3, 0.4) is 0 Å². The van der Waals surface area contributed by atoms with Crippen molar-refractivity contribution >= 4 is 16.8 Å². The van der Waals surface area contributed by atoms with Crippen molar-refractivity contribution < 1.29 is 9.18 Å².